The predicted molar refractivity (Wildman–Crippen MR) is 44.8 cm³/mol. The maximum Gasteiger partial charge on any atom is 0.0295 e. The van der Waals surface area contributed by atoms with E-state index in [9.17, 15) is 0 Å². The van der Waals surface area contributed by atoms with Crippen LogP contribution < -0.4 is 0 Å². The number of para-hydroxylation sites is 1. The second-order valence-corrected chi connectivity index (χ2v) is 2.00. The number of benzene rings is 1. The predicted octanol–water partition coefficient (Wildman–Crippen LogP) is 1.88. The van der Waals surface area contributed by atoms with E-state index in [0.29, 0.717) is 0 Å². The van der Waals surface area contributed by atoms with Crippen LogP contribution in [0.25, 0.3) is 10.9 Å². The van der Waals surface area contributed by atoms with Crippen LogP contribution in [0.1, 0.15) is 0 Å². The molecule has 0 N–H and O–H groups in total. The monoisotopic (exact) mass is 286 g/mol. The van der Waals surface area contributed by atoms with Gasteiger partial charge in [-0.1, -0.05) is 12.1 Å². The third-order valence-corrected chi connectivity index (χ3v) is 1.34. The van der Waals surface area contributed by atoms with Gasteiger partial charge < -0.3 is 17.4 Å². The summed E-state index contributed by atoms with van der Waals surface area (Å²) in [5, 5.41) is 0.963. The minimum absolute atomic E-state index is 0. The molecule has 0 amide bonds. The number of fused-ring (bicyclic) bond motifs is 1. The molecule has 0 saturated carbocycles. The first kappa shape index (κ1) is 11.9. The van der Waals surface area contributed by atoms with E-state index < -0.39 is 0 Å². The molecule has 0 atom stereocenters. The summed E-state index contributed by atoms with van der Waals surface area (Å²) in [6.45, 7) is 0. The quantitative estimate of drug-likeness (QED) is 0.692. The van der Waals surface area contributed by atoms with Crippen LogP contribution in [0.5, 0.6) is 0 Å². The van der Waals surface area contributed by atoms with Gasteiger partial charge in [-0.15, -0.1) is 17.5 Å². The summed E-state index contributed by atoms with van der Waals surface area (Å²) in [6, 6.07) is 7.77. The smallest absolute Gasteiger partial charge is 0.0295 e. The first-order valence-electron chi connectivity index (χ1n) is 3.04. The van der Waals surface area contributed by atoms with Crippen molar-refractivity contribution in [3.05, 3.63) is 44.2 Å². The zero-order chi connectivity index (χ0) is 6.81. The van der Waals surface area contributed by atoms with Gasteiger partial charge in [0, 0.05) is 47.2 Å². The first-order chi connectivity index (χ1) is 4.97. The van der Waals surface area contributed by atoms with Crippen molar-refractivity contribution in [2.75, 3.05) is 0 Å². The van der Waals surface area contributed by atoms with Crippen LogP contribution in [0.2, 0.25) is 0 Å². The van der Waals surface area contributed by atoms with Crippen molar-refractivity contribution in [3.63, 3.8) is 0 Å². The van der Waals surface area contributed by atoms with Crippen molar-refractivity contribution in [1.82, 2.24) is 9.97 Å². The third kappa shape index (κ3) is 2.45. The zero-order valence-corrected chi connectivity index (χ0v) is 9.99. The molecule has 1 aromatic carbocycles. The summed E-state index contributed by atoms with van der Waals surface area (Å²) in [5.74, 6) is 0. The summed E-state index contributed by atoms with van der Waals surface area (Å²) in [7, 11) is 0. The zero-order valence-electron chi connectivity index (χ0n) is 6.78. The van der Waals surface area contributed by atoms with Gasteiger partial charge in [0.25, 0.3) is 0 Å². The Balaban J connectivity index is 0.000000605. The van der Waals surface area contributed by atoms with Crippen LogP contribution in [-0.4, -0.2) is 9.97 Å². The fourth-order valence-electron chi connectivity index (χ4n) is 0.870. The summed E-state index contributed by atoms with van der Waals surface area (Å²) in [4.78, 5) is 7.82. The Bertz CT molecular complexity index is 284. The summed E-state index contributed by atoms with van der Waals surface area (Å²) < 4.78 is 0. The molecule has 0 fully saturated rings. The number of rotatable bonds is 0. The second kappa shape index (κ2) is 5.54. The SMILES string of the molecule is [CH3-].[Nd].[c-]1ncnc2ccccc12. The molecule has 0 aliphatic carbocycles. The second-order valence-electron chi connectivity index (χ2n) is 2.00. The molecule has 0 aliphatic heterocycles. The van der Waals surface area contributed by atoms with Crippen LogP contribution in [0.3, 0.4) is 0 Å². The minimum atomic E-state index is 0. The molecule has 0 aliphatic rings. The van der Waals surface area contributed by atoms with Crippen molar-refractivity contribution in [3.8, 4) is 0 Å². The molecule has 2 aromatic rings. The van der Waals surface area contributed by atoms with Crippen molar-refractivity contribution in [1.29, 1.82) is 0 Å². The van der Waals surface area contributed by atoms with Gasteiger partial charge in [-0.05, 0) is 11.7 Å². The van der Waals surface area contributed by atoms with E-state index in [2.05, 4.69) is 16.2 Å². The van der Waals surface area contributed by atoms with Crippen molar-refractivity contribution < 1.29 is 40.8 Å². The number of hydrogen-bond donors (Lipinski definition) is 0. The molecular weight excluding hydrogens is 280 g/mol. The van der Waals surface area contributed by atoms with E-state index in [-0.39, 0.29) is 48.3 Å². The molecular formula is C9H8N2Nd-2. The topological polar surface area (TPSA) is 25.8 Å². The Labute approximate surface area is 105 Å². The third-order valence-electron chi connectivity index (χ3n) is 1.34. The average molecular weight is 288 g/mol. The Morgan fingerprint density at radius 1 is 1.17 bits per heavy atom. The van der Waals surface area contributed by atoms with Gasteiger partial charge in [0.15, 0.2) is 0 Å². The van der Waals surface area contributed by atoms with Gasteiger partial charge in [-0.2, -0.15) is 0 Å². The van der Waals surface area contributed by atoms with E-state index in [4.69, 9.17) is 0 Å². The molecule has 1 heterocycles. The summed E-state index contributed by atoms with van der Waals surface area (Å²) in [5.41, 5.74) is 0.942. The Hall–Kier alpha value is -0.0894. The van der Waals surface area contributed by atoms with Crippen LogP contribution >= 0.6 is 0 Å². The van der Waals surface area contributed by atoms with Crippen LogP contribution in [-0.2, 0) is 0 Å². The molecule has 0 unspecified atom stereocenters. The fraction of sp³-hybridized carbons (Fsp3) is 0. The van der Waals surface area contributed by atoms with E-state index in [1.807, 2.05) is 24.3 Å². The first-order valence-corrected chi connectivity index (χ1v) is 3.04. The Kier molecular flexibility index (Phi) is 5.50. The molecule has 0 radical (unpaired) electrons. The number of aromatic nitrogens is 2. The molecule has 2 nitrogen and oxygen atoms in total. The van der Waals surface area contributed by atoms with E-state index in [1.165, 1.54) is 6.33 Å². The molecule has 0 spiro atoms. The van der Waals surface area contributed by atoms with Gasteiger partial charge in [0.1, 0.15) is 0 Å². The van der Waals surface area contributed by atoms with Crippen LogP contribution in [0.15, 0.2) is 30.6 Å². The van der Waals surface area contributed by atoms with Gasteiger partial charge in [-0.3, -0.25) is 0 Å². The maximum atomic E-state index is 4.04. The normalized spacial score (nSPS) is 8.33. The summed E-state index contributed by atoms with van der Waals surface area (Å²) >= 11 is 0. The van der Waals surface area contributed by atoms with E-state index in [1.54, 1.807) is 0 Å². The molecule has 3 heteroatoms. The van der Waals surface area contributed by atoms with Crippen LogP contribution in [0, 0.1) is 54.5 Å². The van der Waals surface area contributed by atoms with Gasteiger partial charge in [0.05, 0.1) is 0 Å². The number of nitrogens with zero attached hydrogens (tertiary/aromatic N) is 2. The van der Waals surface area contributed by atoms with E-state index in [0.717, 1.165) is 10.9 Å². The Morgan fingerprint density at radius 3 is 2.67 bits per heavy atom. The molecule has 60 valence electrons. The molecule has 1 aromatic heterocycles. The van der Waals surface area contributed by atoms with Crippen LogP contribution in [0.4, 0.5) is 0 Å². The molecule has 2 rings (SSSR count). The maximum absolute atomic E-state index is 4.04. The average Bonchev–Trinajstić information content (AvgIpc) is 2.05. The van der Waals surface area contributed by atoms with Crippen molar-refractivity contribution >= 4 is 10.9 Å². The van der Waals surface area contributed by atoms with Gasteiger partial charge in [0.2, 0.25) is 0 Å². The van der Waals surface area contributed by atoms with Crippen molar-refractivity contribution in [2.45, 2.75) is 0 Å². The summed E-state index contributed by atoms with van der Waals surface area (Å²) in [6.07, 6.45) is 4.34. The largest absolute Gasteiger partial charge is 0.358 e. The molecule has 12 heavy (non-hydrogen) atoms. The fourth-order valence-corrected chi connectivity index (χ4v) is 0.870. The van der Waals surface area contributed by atoms with E-state index >= 15 is 0 Å². The standard InChI is InChI=1S/C8H5N2.CH3.Nd/c1-2-4-8-7(3-1)5-9-6-10-8;;/h1-4,6H;1H3;/q2*-1;. The molecule has 0 saturated heterocycles. The molecule has 0 bridgehead atoms. The van der Waals surface area contributed by atoms with Gasteiger partial charge >= 0.3 is 0 Å². The minimum Gasteiger partial charge on any atom is -0.358 e. The van der Waals surface area contributed by atoms with Crippen molar-refractivity contribution in [2.24, 2.45) is 0 Å². The number of hydrogen-bond acceptors (Lipinski definition) is 2. The van der Waals surface area contributed by atoms with Gasteiger partial charge in [-0.25, -0.2) is 0 Å². The Morgan fingerprint density at radius 2 is 1.92 bits per heavy atom.